The molecule has 5 nitrogen and oxygen atoms in total. The van der Waals surface area contributed by atoms with Crippen LogP contribution in [0.15, 0.2) is 42.6 Å². The Labute approximate surface area is 161 Å². The van der Waals surface area contributed by atoms with Gasteiger partial charge in [0.25, 0.3) is 5.91 Å². The zero-order chi connectivity index (χ0) is 20.1. The van der Waals surface area contributed by atoms with Crippen molar-refractivity contribution in [3.8, 4) is 0 Å². The van der Waals surface area contributed by atoms with Crippen molar-refractivity contribution in [1.82, 2.24) is 10.3 Å². The lowest BCUT2D eigenvalue weighted by atomic mass is 10.1. The van der Waals surface area contributed by atoms with E-state index in [0.717, 1.165) is 18.6 Å². The molecule has 8 heteroatoms. The lowest BCUT2D eigenvalue weighted by Gasteiger charge is -2.34. The predicted octanol–water partition coefficient (Wildman–Crippen LogP) is 3.82. The van der Waals surface area contributed by atoms with Crippen molar-refractivity contribution in [2.24, 2.45) is 0 Å². The second-order valence-corrected chi connectivity index (χ2v) is 6.59. The monoisotopic (exact) mass is 393 g/mol. The van der Waals surface area contributed by atoms with Crippen LogP contribution in [-0.2, 0) is 10.9 Å². The number of anilines is 1. The third kappa shape index (κ3) is 4.81. The Morgan fingerprint density at radius 3 is 2.61 bits per heavy atom. The lowest BCUT2D eigenvalue weighted by molar-refractivity contribution is -0.137. The van der Waals surface area contributed by atoms with Crippen molar-refractivity contribution in [2.75, 3.05) is 31.1 Å². The highest BCUT2D eigenvalue weighted by Gasteiger charge is 2.31. The molecule has 28 heavy (non-hydrogen) atoms. The van der Waals surface area contributed by atoms with Crippen LogP contribution < -0.4 is 10.2 Å². The third-order valence-corrected chi connectivity index (χ3v) is 4.55. The van der Waals surface area contributed by atoms with Gasteiger partial charge in [-0.1, -0.05) is 19.1 Å². The number of aromatic nitrogens is 1. The molecule has 1 aromatic heterocycles. The number of rotatable bonds is 5. The first kappa shape index (κ1) is 20.1. The van der Waals surface area contributed by atoms with Gasteiger partial charge in [0.2, 0.25) is 0 Å². The van der Waals surface area contributed by atoms with Gasteiger partial charge in [0.1, 0.15) is 11.9 Å². The minimum atomic E-state index is -4.35. The number of pyridine rings is 1. The molecule has 1 fully saturated rings. The molecule has 1 atom stereocenters. The van der Waals surface area contributed by atoms with E-state index in [9.17, 15) is 18.0 Å². The molecule has 1 N–H and O–H groups in total. The SMILES string of the molecule is CCCNC(=O)c1ccc(N2CCOC(c3ccc(C(F)(F)F)cc3)C2)nc1. The molecule has 1 aliphatic rings. The van der Waals surface area contributed by atoms with E-state index >= 15 is 0 Å². The van der Waals surface area contributed by atoms with E-state index in [1.54, 1.807) is 12.1 Å². The van der Waals surface area contributed by atoms with Crippen LogP contribution in [0.3, 0.4) is 0 Å². The fourth-order valence-electron chi connectivity index (χ4n) is 2.99. The number of nitrogens with zero attached hydrogens (tertiary/aromatic N) is 2. The summed E-state index contributed by atoms with van der Waals surface area (Å²) in [6.45, 7) is 4.11. The molecule has 1 unspecified atom stereocenters. The Kier molecular flexibility index (Phi) is 6.18. The second-order valence-electron chi connectivity index (χ2n) is 6.59. The normalized spacial score (nSPS) is 17.4. The standard InChI is InChI=1S/C20H22F3N3O2/c1-2-9-24-19(27)15-5-8-18(25-12-15)26-10-11-28-17(13-26)14-3-6-16(7-4-14)20(21,22)23/h3-8,12,17H,2,9-11,13H2,1H3,(H,24,27). The van der Waals surface area contributed by atoms with E-state index in [4.69, 9.17) is 4.74 Å². The van der Waals surface area contributed by atoms with Crippen LogP contribution in [0.1, 0.15) is 40.9 Å². The summed E-state index contributed by atoms with van der Waals surface area (Å²) in [5, 5.41) is 2.80. The number of ether oxygens (including phenoxy) is 1. The first-order chi connectivity index (χ1) is 13.4. The van der Waals surface area contributed by atoms with Gasteiger partial charge in [0.15, 0.2) is 0 Å². The van der Waals surface area contributed by atoms with Crippen LogP contribution >= 0.6 is 0 Å². The van der Waals surface area contributed by atoms with E-state index in [1.165, 1.54) is 18.3 Å². The fourth-order valence-corrected chi connectivity index (χ4v) is 2.99. The van der Waals surface area contributed by atoms with Gasteiger partial charge in [-0.05, 0) is 36.2 Å². The molecule has 0 spiro atoms. The van der Waals surface area contributed by atoms with E-state index in [2.05, 4.69) is 10.3 Å². The number of morpholine rings is 1. The molecule has 0 bridgehead atoms. The number of benzene rings is 1. The van der Waals surface area contributed by atoms with Crippen LogP contribution in [-0.4, -0.2) is 37.1 Å². The summed E-state index contributed by atoms with van der Waals surface area (Å²) >= 11 is 0. The lowest BCUT2D eigenvalue weighted by Crippen LogP contribution is -2.39. The Hall–Kier alpha value is -2.61. The maximum absolute atomic E-state index is 12.7. The highest BCUT2D eigenvalue weighted by molar-refractivity contribution is 5.94. The number of halogens is 3. The fraction of sp³-hybridized carbons (Fsp3) is 0.400. The number of hydrogen-bond donors (Lipinski definition) is 1. The van der Waals surface area contributed by atoms with Crippen molar-refractivity contribution in [3.63, 3.8) is 0 Å². The molecular weight excluding hydrogens is 371 g/mol. The number of hydrogen-bond acceptors (Lipinski definition) is 4. The average molecular weight is 393 g/mol. The quantitative estimate of drug-likeness (QED) is 0.839. The van der Waals surface area contributed by atoms with Crippen LogP contribution in [0.2, 0.25) is 0 Å². The van der Waals surface area contributed by atoms with E-state index < -0.39 is 11.7 Å². The molecule has 2 heterocycles. The third-order valence-electron chi connectivity index (χ3n) is 4.55. The van der Waals surface area contributed by atoms with Gasteiger partial charge >= 0.3 is 6.18 Å². The van der Waals surface area contributed by atoms with Crippen molar-refractivity contribution in [1.29, 1.82) is 0 Å². The number of carbonyl (C=O) groups is 1. The number of carbonyl (C=O) groups excluding carboxylic acids is 1. The Morgan fingerprint density at radius 1 is 1.25 bits per heavy atom. The van der Waals surface area contributed by atoms with Crippen LogP contribution in [0, 0.1) is 0 Å². The number of alkyl halides is 3. The highest BCUT2D eigenvalue weighted by Crippen LogP contribution is 2.31. The largest absolute Gasteiger partial charge is 0.416 e. The van der Waals surface area contributed by atoms with Gasteiger partial charge in [-0.15, -0.1) is 0 Å². The Morgan fingerprint density at radius 2 is 2.00 bits per heavy atom. The van der Waals surface area contributed by atoms with Crippen LogP contribution in [0.5, 0.6) is 0 Å². The molecule has 1 saturated heterocycles. The van der Waals surface area contributed by atoms with E-state index in [0.29, 0.717) is 43.2 Å². The summed E-state index contributed by atoms with van der Waals surface area (Å²) in [4.78, 5) is 18.3. The summed E-state index contributed by atoms with van der Waals surface area (Å²) in [5.74, 6) is 0.540. The molecule has 150 valence electrons. The van der Waals surface area contributed by atoms with E-state index in [-0.39, 0.29) is 12.0 Å². The highest BCUT2D eigenvalue weighted by atomic mass is 19.4. The van der Waals surface area contributed by atoms with Gasteiger partial charge in [-0.2, -0.15) is 13.2 Å². The zero-order valence-corrected chi connectivity index (χ0v) is 15.5. The van der Waals surface area contributed by atoms with E-state index in [1.807, 2.05) is 11.8 Å². The van der Waals surface area contributed by atoms with Gasteiger partial charge in [-0.3, -0.25) is 4.79 Å². The maximum Gasteiger partial charge on any atom is 0.416 e. The molecule has 0 radical (unpaired) electrons. The first-order valence-corrected chi connectivity index (χ1v) is 9.16. The minimum absolute atomic E-state index is 0.162. The summed E-state index contributed by atoms with van der Waals surface area (Å²) in [6.07, 6.45) is -2.31. The first-order valence-electron chi connectivity index (χ1n) is 9.16. The number of amides is 1. The minimum Gasteiger partial charge on any atom is -0.370 e. The second kappa shape index (κ2) is 8.60. The molecule has 0 aliphatic carbocycles. The van der Waals surface area contributed by atoms with Gasteiger partial charge < -0.3 is 15.0 Å². The molecule has 1 amide bonds. The molecule has 0 saturated carbocycles. The summed E-state index contributed by atoms with van der Waals surface area (Å²) in [6, 6.07) is 8.53. The van der Waals surface area contributed by atoms with Crippen molar-refractivity contribution >= 4 is 11.7 Å². The van der Waals surface area contributed by atoms with Crippen LogP contribution in [0.4, 0.5) is 19.0 Å². The summed E-state index contributed by atoms with van der Waals surface area (Å²) in [5.41, 5.74) is 0.500. The molecule has 1 aromatic carbocycles. The average Bonchev–Trinajstić information content (AvgIpc) is 2.71. The Bertz CT molecular complexity index is 792. The van der Waals surface area contributed by atoms with Crippen molar-refractivity contribution in [3.05, 3.63) is 59.3 Å². The van der Waals surface area contributed by atoms with Crippen molar-refractivity contribution < 1.29 is 22.7 Å². The molecule has 3 rings (SSSR count). The maximum atomic E-state index is 12.7. The molecule has 2 aromatic rings. The van der Waals surface area contributed by atoms with Crippen molar-refractivity contribution in [2.45, 2.75) is 25.6 Å². The van der Waals surface area contributed by atoms with Gasteiger partial charge in [-0.25, -0.2) is 4.98 Å². The predicted molar refractivity (Wildman–Crippen MR) is 99.2 cm³/mol. The van der Waals surface area contributed by atoms with Gasteiger partial charge in [0.05, 0.1) is 17.7 Å². The van der Waals surface area contributed by atoms with Crippen LogP contribution in [0.25, 0.3) is 0 Å². The topological polar surface area (TPSA) is 54.5 Å². The molecule has 1 aliphatic heterocycles. The summed E-state index contributed by atoms with van der Waals surface area (Å²) in [7, 11) is 0. The smallest absolute Gasteiger partial charge is 0.370 e. The summed E-state index contributed by atoms with van der Waals surface area (Å²) < 4.78 is 43.9. The van der Waals surface area contributed by atoms with Gasteiger partial charge in [0, 0.05) is 25.8 Å². The zero-order valence-electron chi connectivity index (χ0n) is 15.5. The number of nitrogens with one attached hydrogen (secondary N) is 1. The molecular formula is C20H22F3N3O2. The Balaban J connectivity index is 1.67.